The quantitative estimate of drug-likeness (QED) is 0.573. The van der Waals surface area contributed by atoms with Gasteiger partial charge in [0.1, 0.15) is 0 Å². The van der Waals surface area contributed by atoms with E-state index in [1.807, 2.05) is 0 Å². The van der Waals surface area contributed by atoms with Crippen molar-refractivity contribution in [3.8, 4) is 0 Å². The Morgan fingerprint density at radius 2 is 2.00 bits per heavy atom. The number of nitrogens with one attached hydrogen (secondary N) is 1. The first-order chi connectivity index (χ1) is 14.8. The first-order valence-electron chi connectivity index (χ1n) is 13.2. The van der Waals surface area contributed by atoms with Gasteiger partial charge in [0.25, 0.3) is 0 Å². The van der Waals surface area contributed by atoms with Crippen molar-refractivity contribution < 1.29 is 9.84 Å². The Kier molecular flexibility index (Phi) is 5.93. The van der Waals surface area contributed by atoms with Gasteiger partial charge in [0, 0.05) is 6.04 Å². The maximum Gasteiger partial charge on any atom is 0.0789 e. The lowest BCUT2D eigenvalue weighted by Crippen LogP contribution is -2.53. The second-order valence-corrected chi connectivity index (χ2v) is 12.3. The third-order valence-corrected chi connectivity index (χ3v) is 10.1. The molecule has 1 aliphatic heterocycles. The summed E-state index contributed by atoms with van der Waals surface area (Å²) >= 11 is 0. The van der Waals surface area contributed by atoms with Crippen molar-refractivity contribution >= 4 is 0 Å². The second-order valence-electron chi connectivity index (χ2n) is 12.3. The van der Waals surface area contributed by atoms with E-state index in [4.69, 9.17) is 4.74 Å². The van der Waals surface area contributed by atoms with Crippen molar-refractivity contribution in [2.75, 3.05) is 6.54 Å². The van der Waals surface area contributed by atoms with E-state index >= 15 is 0 Å². The van der Waals surface area contributed by atoms with Gasteiger partial charge in [0.2, 0.25) is 0 Å². The second kappa shape index (κ2) is 8.29. The molecule has 0 aromatic heterocycles. The Morgan fingerprint density at radius 1 is 1.19 bits per heavy atom. The Morgan fingerprint density at radius 3 is 2.77 bits per heavy atom. The summed E-state index contributed by atoms with van der Waals surface area (Å²) < 4.78 is 6.93. The SMILES string of the molecule is CC1=C2C[C@H]3[C@@H](CC=C4C[C@@H](O)CC[C@@]43C)[C@@H]2CC[C@@H]1O[C@@H]1C[C@H](C)CN[C@H]1C(C)C. The molecule has 5 aliphatic rings. The predicted molar refractivity (Wildman–Crippen MR) is 127 cm³/mol. The number of piperidine rings is 1. The van der Waals surface area contributed by atoms with Crippen molar-refractivity contribution in [2.24, 2.45) is 35.0 Å². The number of rotatable bonds is 3. The van der Waals surface area contributed by atoms with E-state index in [1.165, 1.54) is 38.5 Å². The van der Waals surface area contributed by atoms with Gasteiger partial charge in [-0.3, -0.25) is 0 Å². The zero-order valence-electron chi connectivity index (χ0n) is 20.5. The van der Waals surface area contributed by atoms with Crippen molar-refractivity contribution in [1.29, 1.82) is 0 Å². The fourth-order valence-electron chi connectivity index (χ4n) is 8.22. The molecule has 31 heavy (non-hydrogen) atoms. The zero-order valence-corrected chi connectivity index (χ0v) is 20.5. The molecular formula is C28H45NO2. The summed E-state index contributed by atoms with van der Waals surface area (Å²) in [5.74, 6) is 3.67. The molecule has 0 spiro atoms. The van der Waals surface area contributed by atoms with Gasteiger partial charge in [-0.15, -0.1) is 0 Å². The minimum absolute atomic E-state index is 0.112. The lowest BCUT2D eigenvalue weighted by molar-refractivity contribution is -0.0558. The minimum atomic E-state index is -0.112. The summed E-state index contributed by atoms with van der Waals surface area (Å²) in [6.45, 7) is 13.1. The van der Waals surface area contributed by atoms with E-state index in [9.17, 15) is 5.11 Å². The Bertz CT molecular complexity index is 754. The highest BCUT2D eigenvalue weighted by Gasteiger charge is 2.54. The molecule has 5 rings (SSSR count). The largest absolute Gasteiger partial charge is 0.393 e. The topological polar surface area (TPSA) is 41.5 Å². The van der Waals surface area contributed by atoms with E-state index < -0.39 is 0 Å². The van der Waals surface area contributed by atoms with Crippen LogP contribution >= 0.6 is 0 Å². The molecule has 0 bridgehead atoms. The number of hydrogen-bond acceptors (Lipinski definition) is 3. The lowest BCUT2D eigenvalue weighted by Gasteiger charge is -2.49. The number of hydrogen-bond donors (Lipinski definition) is 2. The molecule has 3 heteroatoms. The molecule has 0 aromatic carbocycles. The average Bonchev–Trinajstić information content (AvgIpc) is 3.11. The minimum Gasteiger partial charge on any atom is -0.393 e. The summed E-state index contributed by atoms with van der Waals surface area (Å²) in [6.07, 6.45) is 12.4. The Hall–Kier alpha value is -0.640. The van der Waals surface area contributed by atoms with Gasteiger partial charge in [-0.2, -0.15) is 0 Å². The number of fused-ring (bicyclic) bond motifs is 5. The highest BCUT2D eigenvalue weighted by molar-refractivity contribution is 5.34. The van der Waals surface area contributed by atoms with Crippen LogP contribution in [0.4, 0.5) is 0 Å². The summed E-state index contributed by atoms with van der Waals surface area (Å²) in [7, 11) is 0. The molecule has 0 aromatic rings. The van der Waals surface area contributed by atoms with Crippen LogP contribution in [-0.4, -0.2) is 36.0 Å². The van der Waals surface area contributed by atoms with E-state index in [0.717, 1.165) is 37.1 Å². The van der Waals surface area contributed by atoms with Crippen LogP contribution in [-0.2, 0) is 4.74 Å². The van der Waals surface area contributed by atoms with Crippen LogP contribution < -0.4 is 5.32 Å². The van der Waals surface area contributed by atoms with E-state index in [-0.39, 0.29) is 6.10 Å². The molecule has 3 nitrogen and oxygen atoms in total. The molecule has 2 saturated carbocycles. The van der Waals surface area contributed by atoms with Crippen LogP contribution in [0.1, 0.15) is 86.0 Å². The van der Waals surface area contributed by atoms with Gasteiger partial charge in [-0.25, -0.2) is 0 Å². The van der Waals surface area contributed by atoms with Crippen molar-refractivity contribution in [3.63, 3.8) is 0 Å². The summed E-state index contributed by atoms with van der Waals surface area (Å²) in [5.41, 5.74) is 5.21. The van der Waals surface area contributed by atoms with Gasteiger partial charge >= 0.3 is 0 Å². The molecule has 174 valence electrons. The fraction of sp³-hybridized carbons (Fsp3) is 0.857. The molecule has 0 unspecified atom stereocenters. The van der Waals surface area contributed by atoms with E-state index in [0.29, 0.717) is 35.5 Å². The number of aliphatic hydroxyl groups is 1. The van der Waals surface area contributed by atoms with Gasteiger partial charge in [0.15, 0.2) is 0 Å². The maximum atomic E-state index is 10.2. The molecule has 1 heterocycles. The van der Waals surface area contributed by atoms with Crippen LogP contribution in [0.2, 0.25) is 0 Å². The lowest BCUT2D eigenvalue weighted by atomic mass is 9.56. The predicted octanol–water partition coefficient (Wildman–Crippen LogP) is 5.64. The first kappa shape index (κ1) is 22.2. The van der Waals surface area contributed by atoms with Crippen LogP contribution in [0.25, 0.3) is 0 Å². The van der Waals surface area contributed by atoms with Crippen LogP contribution in [0.3, 0.4) is 0 Å². The van der Waals surface area contributed by atoms with Gasteiger partial charge < -0.3 is 15.2 Å². The number of ether oxygens (including phenoxy) is 1. The van der Waals surface area contributed by atoms with Crippen molar-refractivity contribution in [2.45, 2.75) is 110 Å². The van der Waals surface area contributed by atoms with Gasteiger partial charge in [-0.1, -0.05) is 44.9 Å². The highest BCUT2D eigenvalue weighted by Crippen LogP contribution is 2.62. The zero-order chi connectivity index (χ0) is 21.9. The standard InChI is InChI=1S/C28H45NO2/c1-16(2)27-26(12-17(3)15-29-27)31-25-9-8-21-22-7-6-19-13-20(30)10-11-28(19,5)24(22)14-23(21)18(25)4/h6,16-17,20-22,24-27,29-30H,7-15H2,1-5H3/t17-,20-,21-,22-,24-,25-,26+,27-,28-/m0/s1. The summed E-state index contributed by atoms with van der Waals surface area (Å²) in [4.78, 5) is 0. The van der Waals surface area contributed by atoms with Gasteiger partial charge in [0.05, 0.1) is 18.3 Å². The first-order valence-corrected chi connectivity index (χ1v) is 13.2. The molecule has 1 saturated heterocycles. The van der Waals surface area contributed by atoms with Crippen molar-refractivity contribution in [1.82, 2.24) is 5.32 Å². The molecule has 4 aliphatic carbocycles. The Labute approximate surface area is 190 Å². The van der Waals surface area contributed by atoms with Crippen molar-refractivity contribution in [3.05, 3.63) is 22.8 Å². The third-order valence-electron chi connectivity index (χ3n) is 10.1. The number of aliphatic hydroxyl groups excluding tert-OH is 1. The van der Waals surface area contributed by atoms with Crippen LogP contribution in [0.15, 0.2) is 22.8 Å². The normalized spacial score (nSPS) is 47.6. The molecular weight excluding hydrogens is 382 g/mol. The summed E-state index contributed by atoms with van der Waals surface area (Å²) in [5, 5.41) is 14.0. The van der Waals surface area contributed by atoms with Crippen LogP contribution in [0, 0.1) is 35.0 Å². The monoisotopic (exact) mass is 427 g/mol. The smallest absolute Gasteiger partial charge is 0.0789 e. The van der Waals surface area contributed by atoms with E-state index in [1.54, 1.807) is 16.7 Å². The Balaban J connectivity index is 1.36. The summed E-state index contributed by atoms with van der Waals surface area (Å²) in [6, 6.07) is 0.484. The molecule has 0 radical (unpaired) electrons. The highest BCUT2D eigenvalue weighted by atomic mass is 16.5. The fourth-order valence-corrected chi connectivity index (χ4v) is 8.22. The van der Waals surface area contributed by atoms with Crippen LogP contribution in [0.5, 0.6) is 0 Å². The molecule has 3 fully saturated rings. The molecule has 0 amide bonds. The maximum absolute atomic E-state index is 10.2. The van der Waals surface area contributed by atoms with E-state index in [2.05, 4.69) is 46.0 Å². The third kappa shape index (κ3) is 3.77. The molecule has 9 atom stereocenters. The van der Waals surface area contributed by atoms with Gasteiger partial charge in [-0.05, 0) is 105 Å². The number of allylic oxidation sites excluding steroid dienone is 2. The molecule has 2 N–H and O–H groups in total. The average molecular weight is 428 g/mol.